The smallest absolute Gasteiger partial charge is 0.242 e. The van der Waals surface area contributed by atoms with E-state index in [2.05, 4.69) is 44.5 Å². The molecule has 5 rings (SSSR count). The van der Waals surface area contributed by atoms with E-state index in [9.17, 15) is 9.59 Å². The van der Waals surface area contributed by atoms with Crippen molar-refractivity contribution in [2.45, 2.75) is 44.4 Å². The molecule has 1 aromatic heterocycles. The summed E-state index contributed by atoms with van der Waals surface area (Å²) in [4.78, 5) is 37.8. The minimum atomic E-state index is -0.401. The van der Waals surface area contributed by atoms with Crippen LogP contribution in [0.2, 0.25) is 0 Å². The molecule has 0 spiro atoms. The summed E-state index contributed by atoms with van der Waals surface area (Å²) < 4.78 is 5.90. The van der Waals surface area contributed by atoms with Gasteiger partial charge < -0.3 is 19.9 Å². The Morgan fingerprint density at radius 2 is 1.91 bits per heavy atom. The van der Waals surface area contributed by atoms with Crippen molar-refractivity contribution < 1.29 is 14.3 Å². The van der Waals surface area contributed by atoms with Crippen molar-refractivity contribution >= 4 is 22.8 Å². The summed E-state index contributed by atoms with van der Waals surface area (Å²) in [5.41, 5.74) is 3.15. The van der Waals surface area contributed by atoms with E-state index >= 15 is 0 Å². The molecule has 184 valence electrons. The van der Waals surface area contributed by atoms with Gasteiger partial charge in [0, 0.05) is 45.6 Å². The highest BCUT2D eigenvalue weighted by Gasteiger charge is 2.34. The molecular weight excluding hydrogens is 442 g/mol. The van der Waals surface area contributed by atoms with E-state index in [1.165, 1.54) is 5.56 Å². The maximum absolute atomic E-state index is 13.0. The Labute approximate surface area is 205 Å². The number of morpholine rings is 1. The van der Waals surface area contributed by atoms with Gasteiger partial charge in [-0.3, -0.25) is 14.5 Å². The fraction of sp³-hybridized carbons (Fsp3) is 0.444. The first kappa shape index (κ1) is 23.5. The Kier molecular flexibility index (Phi) is 7.39. The highest BCUT2D eigenvalue weighted by molar-refractivity contribution is 5.88. The maximum atomic E-state index is 13.0. The number of carbonyl (C=O) groups excluding carboxylic acids is 2. The van der Waals surface area contributed by atoms with Gasteiger partial charge in [0.05, 0.1) is 23.7 Å². The number of nitrogens with one attached hydrogen (secondary N) is 2. The first-order chi connectivity index (χ1) is 17.2. The second-order valence-corrected chi connectivity index (χ2v) is 9.40. The summed E-state index contributed by atoms with van der Waals surface area (Å²) >= 11 is 0. The number of H-pyrrole nitrogens is 1. The number of fused-ring (bicyclic) bond motifs is 1. The topological polar surface area (TPSA) is 90.6 Å². The van der Waals surface area contributed by atoms with E-state index in [4.69, 9.17) is 4.74 Å². The van der Waals surface area contributed by atoms with Gasteiger partial charge in [-0.15, -0.1) is 0 Å². The lowest BCUT2D eigenvalue weighted by atomic mass is 10.1. The van der Waals surface area contributed by atoms with Gasteiger partial charge in [0.15, 0.2) is 0 Å². The Morgan fingerprint density at radius 3 is 2.77 bits per heavy atom. The molecule has 3 heterocycles. The van der Waals surface area contributed by atoms with Crippen LogP contribution in [0.15, 0.2) is 54.6 Å². The molecule has 8 nitrogen and oxygen atoms in total. The number of aromatic nitrogens is 2. The predicted molar refractivity (Wildman–Crippen MR) is 134 cm³/mol. The number of hydrogen-bond acceptors (Lipinski definition) is 5. The predicted octanol–water partition coefficient (Wildman–Crippen LogP) is 2.50. The number of likely N-dealkylation sites (tertiary alicyclic amines) is 1. The molecule has 2 fully saturated rings. The third-order valence-corrected chi connectivity index (χ3v) is 6.87. The zero-order valence-electron chi connectivity index (χ0n) is 20.0. The molecule has 2 aliphatic rings. The zero-order chi connectivity index (χ0) is 24.0. The van der Waals surface area contributed by atoms with E-state index in [1.54, 1.807) is 4.90 Å². The van der Waals surface area contributed by atoms with Gasteiger partial charge in [0.1, 0.15) is 11.9 Å². The summed E-state index contributed by atoms with van der Waals surface area (Å²) in [7, 11) is 0. The zero-order valence-corrected chi connectivity index (χ0v) is 20.0. The molecule has 2 saturated heterocycles. The number of hydrogen-bond donors (Lipinski definition) is 2. The third kappa shape index (κ3) is 5.89. The average molecular weight is 476 g/mol. The molecule has 1 unspecified atom stereocenters. The molecule has 3 aromatic rings. The summed E-state index contributed by atoms with van der Waals surface area (Å²) in [6, 6.07) is 17.8. The molecule has 2 N–H and O–H groups in total. The Balaban J connectivity index is 1.09. The third-order valence-electron chi connectivity index (χ3n) is 6.87. The number of aryl methyl sites for hydroxylation is 1. The van der Waals surface area contributed by atoms with Crippen LogP contribution in [-0.2, 0) is 27.3 Å². The van der Waals surface area contributed by atoms with Gasteiger partial charge >= 0.3 is 0 Å². The van der Waals surface area contributed by atoms with Gasteiger partial charge in [-0.05, 0) is 30.5 Å². The average Bonchev–Trinajstić information content (AvgIpc) is 3.54. The minimum Gasteiger partial charge on any atom is -0.374 e. The highest BCUT2D eigenvalue weighted by atomic mass is 16.5. The van der Waals surface area contributed by atoms with E-state index in [0.717, 1.165) is 42.9 Å². The van der Waals surface area contributed by atoms with Crippen molar-refractivity contribution in [2.24, 2.45) is 0 Å². The largest absolute Gasteiger partial charge is 0.374 e. The molecule has 2 aliphatic heterocycles. The Hall–Kier alpha value is -3.23. The molecule has 0 radical (unpaired) electrons. The summed E-state index contributed by atoms with van der Waals surface area (Å²) in [6.45, 7) is 4.28. The van der Waals surface area contributed by atoms with Crippen LogP contribution < -0.4 is 5.32 Å². The fourth-order valence-electron chi connectivity index (χ4n) is 5.05. The van der Waals surface area contributed by atoms with E-state index in [1.807, 2.05) is 30.3 Å². The molecule has 0 saturated carbocycles. The lowest BCUT2D eigenvalue weighted by Crippen LogP contribution is -2.51. The number of ether oxygens (including phenoxy) is 1. The van der Waals surface area contributed by atoms with Gasteiger partial charge in [-0.25, -0.2) is 4.98 Å². The number of carbonyl (C=O) groups is 2. The second kappa shape index (κ2) is 11.0. The normalized spacial score (nSPS) is 20.9. The second-order valence-electron chi connectivity index (χ2n) is 9.40. The molecular formula is C27H33N5O3. The van der Waals surface area contributed by atoms with Gasteiger partial charge in [-0.2, -0.15) is 0 Å². The SMILES string of the molecule is O=C(NCC1CN(Cc2ccccc2)CCO1)[C@@H]1CCCN1C(=O)CCc1nc2ccccc2[nH]1. The lowest BCUT2D eigenvalue weighted by molar-refractivity contribution is -0.138. The van der Waals surface area contributed by atoms with Gasteiger partial charge in [-0.1, -0.05) is 42.5 Å². The molecule has 0 aliphatic carbocycles. The van der Waals surface area contributed by atoms with E-state index in [0.29, 0.717) is 39.0 Å². The molecule has 35 heavy (non-hydrogen) atoms. The number of nitrogens with zero attached hydrogens (tertiary/aromatic N) is 3. The monoisotopic (exact) mass is 475 g/mol. The summed E-state index contributed by atoms with van der Waals surface area (Å²) in [5, 5.41) is 3.05. The molecule has 2 aromatic carbocycles. The summed E-state index contributed by atoms with van der Waals surface area (Å²) in [5.74, 6) is 0.726. The maximum Gasteiger partial charge on any atom is 0.242 e. The van der Waals surface area contributed by atoms with E-state index < -0.39 is 6.04 Å². The van der Waals surface area contributed by atoms with Crippen LogP contribution in [-0.4, -0.2) is 76.5 Å². The van der Waals surface area contributed by atoms with Crippen LogP contribution in [0.25, 0.3) is 11.0 Å². The van der Waals surface area contributed by atoms with Crippen molar-refractivity contribution in [3.8, 4) is 0 Å². The van der Waals surface area contributed by atoms with Crippen molar-refractivity contribution in [1.29, 1.82) is 0 Å². The fourth-order valence-corrected chi connectivity index (χ4v) is 5.05. The van der Waals surface area contributed by atoms with Crippen LogP contribution in [0.1, 0.15) is 30.7 Å². The number of benzene rings is 2. The molecule has 8 heteroatoms. The number of aromatic amines is 1. The number of rotatable bonds is 8. The number of para-hydroxylation sites is 2. The molecule has 0 bridgehead atoms. The van der Waals surface area contributed by atoms with Crippen LogP contribution >= 0.6 is 0 Å². The quantitative estimate of drug-likeness (QED) is 0.523. The van der Waals surface area contributed by atoms with E-state index in [-0.39, 0.29) is 17.9 Å². The van der Waals surface area contributed by atoms with Crippen molar-refractivity contribution in [2.75, 3.05) is 32.8 Å². The highest BCUT2D eigenvalue weighted by Crippen LogP contribution is 2.20. The standard InChI is InChI=1S/C27H33N5O3/c33-26(13-12-25-29-22-9-4-5-10-23(22)30-25)32-14-6-11-24(32)27(34)28-17-21-19-31(15-16-35-21)18-20-7-2-1-3-8-20/h1-5,7-10,21,24H,6,11-19H2,(H,28,34)(H,29,30)/t21?,24-/m0/s1. The minimum absolute atomic E-state index is 0.00561. The Bertz CT molecular complexity index is 1110. The number of imidazole rings is 1. The van der Waals surface area contributed by atoms with Crippen molar-refractivity contribution in [3.05, 3.63) is 66.0 Å². The van der Waals surface area contributed by atoms with Gasteiger partial charge in [0.25, 0.3) is 0 Å². The van der Waals surface area contributed by atoms with Crippen molar-refractivity contribution in [3.63, 3.8) is 0 Å². The first-order valence-corrected chi connectivity index (χ1v) is 12.5. The molecule has 2 atom stereocenters. The van der Waals surface area contributed by atoms with Crippen LogP contribution in [0.3, 0.4) is 0 Å². The Morgan fingerprint density at radius 1 is 1.09 bits per heavy atom. The first-order valence-electron chi connectivity index (χ1n) is 12.5. The summed E-state index contributed by atoms with van der Waals surface area (Å²) in [6.07, 6.45) is 2.37. The van der Waals surface area contributed by atoms with Crippen molar-refractivity contribution in [1.82, 2.24) is 25.1 Å². The van der Waals surface area contributed by atoms with Crippen LogP contribution in [0.5, 0.6) is 0 Å². The van der Waals surface area contributed by atoms with Crippen LogP contribution in [0, 0.1) is 0 Å². The lowest BCUT2D eigenvalue weighted by Gasteiger charge is -2.33. The molecule has 2 amide bonds. The van der Waals surface area contributed by atoms with Gasteiger partial charge in [0.2, 0.25) is 11.8 Å². The van der Waals surface area contributed by atoms with Crippen LogP contribution in [0.4, 0.5) is 0 Å². The number of amides is 2.